The largest absolute Gasteiger partial charge is 0.464 e. The van der Waals surface area contributed by atoms with Gasteiger partial charge in [-0.05, 0) is 40.0 Å². The van der Waals surface area contributed by atoms with Crippen LogP contribution in [-0.4, -0.2) is 41.8 Å². The molecule has 0 bridgehead atoms. The molecule has 1 aliphatic heterocycles. The van der Waals surface area contributed by atoms with Gasteiger partial charge in [-0.25, -0.2) is 9.59 Å². The molecule has 1 amide bonds. The van der Waals surface area contributed by atoms with Crippen LogP contribution in [0.4, 0.5) is 4.79 Å². The number of rotatable bonds is 4. The molecule has 1 heterocycles. The van der Waals surface area contributed by atoms with E-state index in [0.29, 0.717) is 19.6 Å². The van der Waals surface area contributed by atoms with Crippen molar-refractivity contribution in [2.75, 3.05) is 13.2 Å². The summed E-state index contributed by atoms with van der Waals surface area (Å²) in [7, 11) is 0. The zero-order valence-electron chi connectivity index (χ0n) is 12.4. The molecule has 1 aliphatic rings. The number of carbonyl (C=O) groups is 2. The lowest BCUT2D eigenvalue weighted by Crippen LogP contribution is -2.44. The normalized spacial score (nSPS) is 19.4. The maximum absolute atomic E-state index is 12.0. The first-order valence-electron chi connectivity index (χ1n) is 7.01. The van der Waals surface area contributed by atoms with Gasteiger partial charge in [-0.15, -0.1) is 0 Å². The van der Waals surface area contributed by atoms with Gasteiger partial charge in [0, 0.05) is 6.54 Å². The van der Waals surface area contributed by atoms with E-state index in [-0.39, 0.29) is 5.97 Å². The van der Waals surface area contributed by atoms with Crippen LogP contribution >= 0.6 is 0 Å². The monoisotopic (exact) mass is 271 g/mol. The van der Waals surface area contributed by atoms with Gasteiger partial charge in [0.2, 0.25) is 0 Å². The number of likely N-dealkylation sites (tertiary alicyclic amines) is 1. The van der Waals surface area contributed by atoms with Crippen molar-refractivity contribution >= 4 is 12.1 Å². The highest BCUT2D eigenvalue weighted by molar-refractivity contribution is 5.82. The van der Waals surface area contributed by atoms with Gasteiger partial charge in [0.25, 0.3) is 0 Å². The molecule has 0 spiro atoms. The fourth-order valence-corrected chi connectivity index (χ4v) is 1.96. The van der Waals surface area contributed by atoms with E-state index in [2.05, 4.69) is 0 Å². The van der Waals surface area contributed by atoms with E-state index in [1.54, 1.807) is 0 Å². The molecule has 1 rings (SSSR count). The number of hydrogen-bond acceptors (Lipinski definition) is 4. The third kappa shape index (κ3) is 5.09. The first-order chi connectivity index (χ1) is 8.85. The smallest absolute Gasteiger partial charge is 0.411 e. The molecule has 0 aromatic rings. The van der Waals surface area contributed by atoms with Crippen LogP contribution in [0, 0.1) is 0 Å². The Labute approximate surface area is 115 Å². The summed E-state index contributed by atoms with van der Waals surface area (Å²) in [6, 6.07) is -0.480. The molecule has 0 aliphatic carbocycles. The summed E-state index contributed by atoms with van der Waals surface area (Å²) >= 11 is 0. The molecule has 5 heteroatoms. The van der Waals surface area contributed by atoms with Crippen molar-refractivity contribution in [3.63, 3.8) is 0 Å². The molecule has 1 unspecified atom stereocenters. The second kappa shape index (κ2) is 6.78. The second-order valence-corrected chi connectivity index (χ2v) is 5.85. The van der Waals surface area contributed by atoms with E-state index in [1.165, 1.54) is 4.90 Å². The van der Waals surface area contributed by atoms with Crippen molar-refractivity contribution in [2.24, 2.45) is 0 Å². The number of ether oxygens (including phenoxy) is 2. The molecule has 5 nitrogen and oxygen atoms in total. The number of esters is 1. The highest BCUT2D eigenvalue weighted by atomic mass is 16.6. The summed E-state index contributed by atoms with van der Waals surface area (Å²) in [5.41, 5.74) is -0.545. The summed E-state index contributed by atoms with van der Waals surface area (Å²) in [6.07, 6.45) is 2.87. The molecule has 0 N–H and O–H groups in total. The average molecular weight is 271 g/mol. The molecule has 0 aromatic heterocycles. The van der Waals surface area contributed by atoms with Gasteiger partial charge in [0.05, 0.1) is 6.61 Å². The summed E-state index contributed by atoms with van der Waals surface area (Å²) in [5.74, 6) is -0.309. The SMILES string of the molecule is CCCCOC(=O)C1CCCN1C(=O)OC(C)(C)C. The van der Waals surface area contributed by atoms with E-state index < -0.39 is 17.7 Å². The van der Waals surface area contributed by atoms with Gasteiger partial charge in [0.15, 0.2) is 0 Å². The van der Waals surface area contributed by atoms with Crippen LogP contribution < -0.4 is 0 Å². The third-order valence-electron chi connectivity index (χ3n) is 2.90. The molecular weight excluding hydrogens is 246 g/mol. The van der Waals surface area contributed by atoms with Crippen LogP contribution in [0.25, 0.3) is 0 Å². The standard InChI is InChI=1S/C14H25NO4/c1-5-6-10-18-12(16)11-8-7-9-15(11)13(17)19-14(2,3)4/h11H,5-10H2,1-4H3. The summed E-state index contributed by atoms with van der Waals surface area (Å²) in [5, 5.41) is 0. The first-order valence-corrected chi connectivity index (χ1v) is 7.01. The average Bonchev–Trinajstić information content (AvgIpc) is 2.75. The highest BCUT2D eigenvalue weighted by Crippen LogP contribution is 2.21. The number of carbonyl (C=O) groups excluding carboxylic acids is 2. The Morgan fingerprint density at radius 2 is 2.00 bits per heavy atom. The Morgan fingerprint density at radius 3 is 2.58 bits per heavy atom. The van der Waals surface area contributed by atoms with E-state index in [9.17, 15) is 9.59 Å². The molecule has 0 aromatic carbocycles. The molecule has 1 saturated heterocycles. The lowest BCUT2D eigenvalue weighted by molar-refractivity contribution is -0.148. The Morgan fingerprint density at radius 1 is 1.32 bits per heavy atom. The minimum absolute atomic E-state index is 0.309. The summed E-state index contributed by atoms with van der Waals surface area (Å²) in [6.45, 7) is 8.47. The maximum Gasteiger partial charge on any atom is 0.411 e. The maximum atomic E-state index is 12.0. The lowest BCUT2D eigenvalue weighted by Gasteiger charge is -2.27. The fraction of sp³-hybridized carbons (Fsp3) is 0.857. The molecule has 19 heavy (non-hydrogen) atoms. The first kappa shape index (κ1) is 15.8. The number of amides is 1. The quantitative estimate of drug-likeness (QED) is 0.582. The molecular formula is C14H25NO4. The van der Waals surface area contributed by atoms with Gasteiger partial charge in [0.1, 0.15) is 11.6 Å². The van der Waals surface area contributed by atoms with Crippen molar-refractivity contribution in [1.82, 2.24) is 4.90 Å². The van der Waals surface area contributed by atoms with Crippen molar-refractivity contribution in [3.05, 3.63) is 0 Å². The zero-order valence-corrected chi connectivity index (χ0v) is 12.4. The minimum atomic E-state index is -0.545. The molecule has 1 atom stereocenters. The Balaban J connectivity index is 2.53. The number of unbranched alkanes of at least 4 members (excludes halogenated alkanes) is 1. The van der Waals surface area contributed by atoms with Crippen LogP contribution in [0.1, 0.15) is 53.4 Å². The Kier molecular flexibility index (Phi) is 5.63. The van der Waals surface area contributed by atoms with Crippen LogP contribution in [-0.2, 0) is 14.3 Å². The third-order valence-corrected chi connectivity index (χ3v) is 2.90. The lowest BCUT2D eigenvalue weighted by atomic mass is 10.2. The van der Waals surface area contributed by atoms with Crippen LogP contribution in [0.15, 0.2) is 0 Å². The van der Waals surface area contributed by atoms with Gasteiger partial charge in [-0.2, -0.15) is 0 Å². The zero-order chi connectivity index (χ0) is 14.5. The van der Waals surface area contributed by atoms with Gasteiger partial charge < -0.3 is 9.47 Å². The molecule has 0 radical (unpaired) electrons. The second-order valence-electron chi connectivity index (χ2n) is 5.85. The van der Waals surface area contributed by atoms with E-state index in [4.69, 9.17) is 9.47 Å². The number of nitrogens with zero attached hydrogens (tertiary/aromatic N) is 1. The Hall–Kier alpha value is -1.26. The van der Waals surface area contributed by atoms with E-state index >= 15 is 0 Å². The van der Waals surface area contributed by atoms with Crippen LogP contribution in [0.5, 0.6) is 0 Å². The van der Waals surface area contributed by atoms with Gasteiger partial charge in [-0.1, -0.05) is 13.3 Å². The van der Waals surface area contributed by atoms with Crippen molar-refractivity contribution in [2.45, 2.75) is 65.0 Å². The van der Waals surface area contributed by atoms with Crippen molar-refractivity contribution in [1.29, 1.82) is 0 Å². The van der Waals surface area contributed by atoms with Crippen molar-refractivity contribution < 1.29 is 19.1 Å². The molecule has 110 valence electrons. The predicted octanol–water partition coefficient (Wildman–Crippen LogP) is 2.73. The molecule has 1 fully saturated rings. The predicted molar refractivity (Wildman–Crippen MR) is 71.8 cm³/mol. The fourth-order valence-electron chi connectivity index (χ4n) is 1.96. The van der Waals surface area contributed by atoms with Crippen LogP contribution in [0.3, 0.4) is 0 Å². The minimum Gasteiger partial charge on any atom is -0.464 e. The number of hydrogen-bond donors (Lipinski definition) is 0. The molecule has 0 saturated carbocycles. The summed E-state index contributed by atoms with van der Waals surface area (Å²) in [4.78, 5) is 25.4. The van der Waals surface area contributed by atoms with Crippen molar-refractivity contribution in [3.8, 4) is 0 Å². The van der Waals surface area contributed by atoms with E-state index in [1.807, 2.05) is 27.7 Å². The summed E-state index contributed by atoms with van der Waals surface area (Å²) < 4.78 is 10.5. The Bertz CT molecular complexity index is 322. The van der Waals surface area contributed by atoms with Gasteiger partial charge in [-0.3, -0.25) is 4.90 Å². The van der Waals surface area contributed by atoms with Gasteiger partial charge >= 0.3 is 12.1 Å². The topological polar surface area (TPSA) is 55.8 Å². The highest BCUT2D eigenvalue weighted by Gasteiger charge is 2.37. The van der Waals surface area contributed by atoms with Crippen LogP contribution in [0.2, 0.25) is 0 Å². The van der Waals surface area contributed by atoms with E-state index in [0.717, 1.165) is 19.3 Å².